The molecule has 0 bridgehead atoms. The highest BCUT2D eigenvalue weighted by Gasteiger charge is 2.19. The summed E-state index contributed by atoms with van der Waals surface area (Å²) in [5.41, 5.74) is 1.30. The first-order chi connectivity index (χ1) is 10.1. The molecule has 1 aliphatic rings. The predicted molar refractivity (Wildman–Crippen MR) is 88.9 cm³/mol. The molecule has 1 aromatic rings. The molecule has 0 amide bonds. The third-order valence-electron chi connectivity index (χ3n) is 4.31. The molecule has 2 rings (SSSR count). The summed E-state index contributed by atoms with van der Waals surface area (Å²) in [6.45, 7) is 8.66. The molecule has 3 nitrogen and oxygen atoms in total. The number of hydrogen-bond acceptors (Lipinski definition) is 3. The van der Waals surface area contributed by atoms with E-state index in [1.54, 1.807) is 0 Å². The normalized spacial score (nSPS) is 21.5. The van der Waals surface area contributed by atoms with Gasteiger partial charge in [0.2, 0.25) is 0 Å². The van der Waals surface area contributed by atoms with Gasteiger partial charge in [-0.1, -0.05) is 18.6 Å². The summed E-state index contributed by atoms with van der Waals surface area (Å²) in [6.07, 6.45) is 4.24. The van der Waals surface area contributed by atoms with Crippen LogP contribution in [0.3, 0.4) is 0 Å². The van der Waals surface area contributed by atoms with Gasteiger partial charge in [-0.2, -0.15) is 0 Å². The Morgan fingerprint density at radius 1 is 1.29 bits per heavy atom. The molecule has 0 spiro atoms. The molecule has 0 aliphatic carbocycles. The van der Waals surface area contributed by atoms with Gasteiger partial charge < -0.3 is 15.0 Å². The molecule has 1 aromatic carbocycles. The van der Waals surface area contributed by atoms with Crippen molar-refractivity contribution in [2.45, 2.75) is 58.2 Å². The molecule has 2 atom stereocenters. The second kappa shape index (κ2) is 7.81. The molecule has 0 radical (unpaired) electrons. The van der Waals surface area contributed by atoms with Gasteiger partial charge in [0.1, 0.15) is 5.75 Å². The average molecular weight is 290 g/mol. The van der Waals surface area contributed by atoms with E-state index in [1.165, 1.54) is 31.4 Å². The van der Waals surface area contributed by atoms with Gasteiger partial charge in [0.15, 0.2) is 0 Å². The maximum absolute atomic E-state index is 5.78. The Hall–Kier alpha value is -1.06. The molecule has 1 heterocycles. The number of piperidine rings is 1. The molecule has 118 valence electrons. The number of hydrogen-bond donors (Lipinski definition) is 1. The summed E-state index contributed by atoms with van der Waals surface area (Å²) >= 11 is 0. The lowest BCUT2D eigenvalue weighted by atomic mass is 10.0. The van der Waals surface area contributed by atoms with Crippen LogP contribution in [0.2, 0.25) is 0 Å². The average Bonchev–Trinajstić information content (AvgIpc) is 2.45. The summed E-state index contributed by atoms with van der Waals surface area (Å²) in [5.74, 6) is 0.964. The second-order valence-corrected chi connectivity index (χ2v) is 6.50. The quantitative estimate of drug-likeness (QED) is 0.866. The topological polar surface area (TPSA) is 24.5 Å². The second-order valence-electron chi connectivity index (χ2n) is 6.50. The number of rotatable bonds is 6. The van der Waals surface area contributed by atoms with Crippen LogP contribution in [-0.4, -0.2) is 37.2 Å². The van der Waals surface area contributed by atoms with Crippen LogP contribution in [0.1, 0.15) is 51.6 Å². The smallest absolute Gasteiger partial charge is 0.120 e. The lowest BCUT2D eigenvalue weighted by Crippen LogP contribution is -2.43. The Morgan fingerprint density at radius 2 is 2.10 bits per heavy atom. The molecular weight excluding hydrogens is 260 g/mol. The number of ether oxygens (including phenoxy) is 1. The van der Waals surface area contributed by atoms with Gasteiger partial charge in [0, 0.05) is 18.6 Å². The zero-order valence-electron chi connectivity index (χ0n) is 13.9. The Kier molecular flexibility index (Phi) is 6.07. The van der Waals surface area contributed by atoms with Gasteiger partial charge in [0.05, 0.1) is 6.10 Å². The summed E-state index contributed by atoms with van der Waals surface area (Å²) < 4.78 is 5.78. The van der Waals surface area contributed by atoms with E-state index in [4.69, 9.17) is 4.74 Å². The van der Waals surface area contributed by atoms with Gasteiger partial charge in [-0.05, 0) is 64.9 Å². The molecule has 21 heavy (non-hydrogen) atoms. The third kappa shape index (κ3) is 5.01. The van der Waals surface area contributed by atoms with E-state index in [1.807, 2.05) is 6.07 Å². The zero-order chi connectivity index (χ0) is 15.2. The Balaban J connectivity index is 1.89. The minimum absolute atomic E-state index is 0.222. The fraction of sp³-hybridized carbons (Fsp3) is 0.667. The number of nitrogens with one attached hydrogen (secondary N) is 1. The van der Waals surface area contributed by atoms with Crippen LogP contribution in [-0.2, 0) is 0 Å². The molecule has 0 saturated carbocycles. The van der Waals surface area contributed by atoms with Gasteiger partial charge in [0.25, 0.3) is 0 Å². The van der Waals surface area contributed by atoms with Gasteiger partial charge >= 0.3 is 0 Å². The number of likely N-dealkylation sites (tertiary alicyclic amines) is 1. The van der Waals surface area contributed by atoms with E-state index < -0.39 is 0 Å². The Labute approximate surface area is 129 Å². The molecule has 3 heteroatoms. The molecule has 1 aliphatic heterocycles. The first-order valence-corrected chi connectivity index (χ1v) is 8.26. The van der Waals surface area contributed by atoms with E-state index in [9.17, 15) is 0 Å². The first-order valence-electron chi connectivity index (χ1n) is 8.26. The summed E-state index contributed by atoms with van der Waals surface area (Å²) in [6, 6.07) is 9.48. The molecule has 1 fully saturated rings. The lowest BCUT2D eigenvalue weighted by Gasteiger charge is -2.33. The van der Waals surface area contributed by atoms with Crippen molar-refractivity contribution >= 4 is 0 Å². The monoisotopic (exact) mass is 290 g/mol. The van der Waals surface area contributed by atoms with Crippen molar-refractivity contribution in [3.05, 3.63) is 29.8 Å². The minimum Gasteiger partial charge on any atom is -0.491 e. The molecular formula is C18H30N2O. The molecule has 2 unspecified atom stereocenters. The fourth-order valence-corrected chi connectivity index (χ4v) is 2.96. The van der Waals surface area contributed by atoms with Crippen molar-refractivity contribution in [1.82, 2.24) is 10.2 Å². The third-order valence-corrected chi connectivity index (χ3v) is 4.31. The van der Waals surface area contributed by atoms with Crippen LogP contribution in [0.15, 0.2) is 24.3 Å². The standard InChI is InChI=1S/C18H30N2O/c1-14(2)21-18-10-7-8-16(12-18)15(3)19-13-17-9-5-6-11-20(17)4/h7-8,10,12,14-15,17,19H,5-6,9,11,13H2,1-4H3. The van der Waals surface area contributed by atoms with Crippen LogP contribution >= 0.6 is 0 Å². The number of likely N-dealkylation sites (N-methyl/N-ethyl adjacent to an activating group) is 1. The van der Waals surface area contributed by atoms with Crippen molar-refractivity contribution in [2.75, 3.05) is 20.1 Å². The minimum atomic E-state index is 0.222. The van der Waals surface area contributed by atoms with Crippen LogP contribution in [0.4, 0.5) is 0 Å². The lowest BCUT2D eigenvalue weighted by molar-refractivity contribution is 0.178. The van der Waals surface area contributed by atoms with Crippen molar-refractivity contribution in [3.63, 3.8) is 0 Å². The van der Waals surface area contributed by atoms with Gasteiger partial charge in [-0.25, -0.2) is 0 Å². The van der Waals surface area contributed by atoms with Gasteiger partial charge in [-0.3, -0.25) is 0 Å². The van der Waals surface area contributed by atoms with Crippen LogP contribution < -0.4 is 10.1 Å². The summed E-state index contributed by atoms with van der Waals surface area (Å²) in [5, 5.41) is 3.68. The first kappa shape index (κ1) is 16.3. The zero-order valence-corrected chi connectivity index (χ0v) is 13.9. The summed E-state index contributed by atoms with van der Waals surface area (Å²) in [4.78, 5) is 2.49. The van der Waals surface area contributed by atoms with Crippen LogP contribution in [0, 0.1) is 0 Å². The number of benzene rings is 1. The molecule has 1 N–H and O–H groups in total. The van der Waals surface area contributed by atoms with E-state index in [2.05, 4.69) is 56.2 Å². The largest absolute Gasteiger partial charge is 0.491 e. The molecule has 1 saturated heterocycles. The van der Waals surface area contributed by atoms with Crippen molar-refractivity contribution in [3.8, 4) is 5.75 Å². The highest BCUT2D eigenvalue weighted by atomic mass is 16.5. The van der Waals surface area contributed by atoms with Crippen LogP contribution in [0.25, 0.3) is 0 Å². The van der Waals surface area contributed by atoms with E-state index in [0.717, 1.165) is 12.3 Å². The summed E-state index contributed by atoms with van der Waals surface area (Å²) in [7, 11) is 2.24. The van der Waals surface area contributed by atoms with Gasteiger partial charge in [-0.15, -0.1) is 0 Å². The van der Waals surface area contributed by atoms with Crippen molar-refractivity contribution in [2.24, 2.45) is 0 Å². The SMILES string of the molecule is CC(C)Oc1cccc(C(C)NCC2CCCCN2C)c1. The van der Waals surface area contributed by atoms with Crippen molar-refractivity contribution in [1.29, 1.82) is 0 Å². The van der Waals surface area contributed by atoms with E-state index in [-0.39, 0.29) is 6.10 Å². The molecule has 0 aromatic heterocycles. The maximum Gasteiger partial charge on any atom is 0.120 e. The Bertz CT molecular complexity index is 433. The highest BCUT2D eigenvalue weighted by Crippen LogP contribution is 2.21. The highest BCUT2D eigenvalue weighted by molar-refractivity contribution is 5.30. The number of nitrogens with zero attached hydrogens (tertiary/aromatic N) is 1. The maximum atomic E-state index is 5.78. The predicted octanol–water partition coefficient (Wildman–Crippen LogP) is 3.61. The van der Waals surface area contributed by atoms with E-state index in [0.29, 0.717) is 12.1 Å². The van der Waals surface area contributed by atoms with E-state index >= 15 is 0 Å². The van der Waals surface area contributed by atoms with Crippen LogP contribution in [0.5, 0.6) is 5.75 Å². The Morgan fingerprint density at radius 3 is 2.81 bits per heavy atom. The van der Waals surface area contributed by atoms with Crippen molar-refractivity contribution < 1.29 is 4.74 Å². The fourth-order valence-electron chi connectivity index (χ4n) is 2.96.